The fourth-order valence-electron chi connectivity index (χ4n) is 2.96. The minimum atomic E-state index is 0.470. The van der Waals surface area contributed by atoms with E-state index >= 15 is 0 Å². The van der Waals surface area contributed by atoms with E-state index in [1.807, 2.05) is 12.1 Å². The number of hydrogen-bond acceptors (Lipinski definition) is 2. The predicted octanol–water partition coefficient (Wildman–Crippen LogP) is 5.02. The highest BCUT2D eigenvalue weighted by molar-refractivity contribution is 9.10. The van der Waals surface area contributed by atoms with Crippen LogP contribution in [0.2, 0.25) is 5.02 Å². The fourth-order valence-corrected chi connectivity index (χ4v) is 3.69. The van der Waals surface area contributed by atoms with Crippen LogP contribution in [0, 0.1) is 5.92 Å². The van der Waals surface area contributed by atoms with Gasteiger partial charge in [0.2, 0.25) is 0 Å². The molecule has 2 nitrogen and oxygen atoms in total. The third kappa shape index (κ3) is 4.37. The molecule has 1 N–H and O–H groups in total. The molecule has 0 amide bonds. The van der Waals surface area contributed by atoms with E-state index in [9.17, 15) is 0 Å². The lowest BCUT2D eigenvalue weighted by Gasteiger charge is -2.35. The Morgan fingerprint density at radius 2 is 2.10 bits per heavy atom. The first-order valence-electron chi connectivity index (χ1n) is 7.54. The van der Waals surface area contributed by atoms with Crippen LogP contribution in [0.3, 0.4) is 0 Å². The van der Waals surface area contributed by atoms with Gasteiger partial charge in [0, 0.05) is 10.5 Å². The summed E-state index contributed by atoms with van der Waals surface area (Å²) in [5.74, 6) is 0.739. The summed E-state index contributed by atoms with van der Waals surface area (Å²) < 4.78 is 1.02. The summed E-state index contributed by atoms with van der Waals surface area (Å²) in [7, 11) is 0. The summed E-state index contributed by atoms with van der Waals surface area (Å²) in [6.07, 6.45) is 3.82. The minimum absolute atomic E-state index is 0.470. The van der Waals surface area contributed by atoms with E-state index in [1.165, 1.54) is 38.9 Å². The number of piperidine rings is 1. The normalized spacial score (nSPS) is 19.0. The molecule has 20 heavy (non-hydrogen) atoms. The van der Waals surface area contributed by atoms with Gasteiger partial charge in [-0.15, -0.1) is 0 Å². The number of hydrogen-bond donors (Lipinski definition) is 1. The van der Waals surface area contributed by atoms with Crippen LogP contribution >= 0.6 is 27.5 Å². The van der Waals surface area contributed by atoms with Crippen LogP contribution in [0.4, 0.5) is 5.69 Å². The van der Waals surface area contributed by atoms with Crippen LogP contribution in [0.25, 0.3) is 0 Å². The highest BCUT2D eigenvalue weighted by Gasteiger charge is 2.23. The summed E-state index contributed by atoms with van der Waals surface area (Å²) >= 11 is 9.72. The van der Waals surface area contributed by atoms with Gasteiger partial charge in [-0.2, -0.15) is 0 Å². The second kappa shape index (κ2) is 7.67. The molecule has 1 atom stereocenters. The lowest BCUT2D eigenvalue weighted by atomic mass is 9.90. The number of anilines is 1. The van der Waals surface area contributed by atoms with Gasteiger partial charge in [0.15, 0.2) is 0 Å². The van der Waals surface area contributed by atoms with Crippen molar-refractivity contribution in [3.05, 3.63) is 27.7 Å². The van der Waals surface area contributed by atoms with E-state index in [1.54, 1.807) is 0 Å². The van der Waals surface area contributed by atoms with Gasteiger partial charge in [0.1, 0.15) is 0 Å². The summed E-state index contributed by atoms with van der Waals surface area (Å²) in [6, 6.07) is 6.50. The van der Waals surface area contributed by atoms with Gasteiger partial charge in [-0.3, -0.25) is 0 Å². The van der Waals surface area contributed by atoms with Gasteiger partial charge in [-0.25, -0.2) is 0 Å². The van der Waals surface area contributed by atoms with Crippen molar-refractivity contribution >= 4 is 33.2 Å². The Balaban J connectivity index is 1.87. The monoisotopic (exact) mass is 358 g/mol. The Bertz CT molecular complexity index is 430. The summed E-state index contributed by atoms with van der Waals surface area (Å²) in [5.41, 5.74) is 1.04. The molecular formula is C16H24BrClN2. The predicted molar refractivity (Wildman–Crippen MR) is 91.7 cm³/mol. The molecule has 0 spiro atoms. The van der Waals surface area contributed by atoms with Crippen molar-refractivity contribution in [2.75, 3.05) is 25.0 Å². The highest BCUT2D eigenvalue weighted by atomic mass is 79.9. The zero-order valence-corrected chi connectivity index (χ0v) is 14.7. The zero-order chi connectivity index (χ0) is 14.5. The van der Waals surface area contributed by atoms with Crippen molar-refractivity contribution in [1.29, 1.82) is 0 Å². The largest absolute Gasteiger partial charge is 0.381 e. The van der Waals surface area contributed by atoms with Crippen LogP contribution in [0.1, 0.15) is 33.1 Å². The molecule has 1 aromatic rings. The Hall–Kier alpha value is -0.250. The van der Waals surface area contributed by atoms with Gasteiger partial charge in [-0.05, 0) is 69.9 Å². The molecule has 1 heterocycles. The summed E-state index contributed by atoms with van der Waals surface area (Å²) in [5, 5.41) is 4.37. The van der Waals surface area contributed by atoms with Crippen LogP contribution in [0.15, 0.2) is 22.7 Å². The van der Waals surface area contributed by atoms with Crippen molar-refractivity contribution in [3.63, 3.8) is 0 Å². The molecule has 1 saturated heterocycles. The maximum Gasteiger partial charge on any atom is 0.0648 e. The third-order valence-electron chi connectivity index (χ3n) is 4.19. The first-order valence-corrected chi connectivity index (χ1v) is 8.71. The minimum Gasteiger partial charge on any atom is -0.381 e. The molecule has 1 aliphatic rings. The average molecular weight is 360 g/mol. The molecule has 0 radical (unpaired) electrons. The molecule has 0 saturated carbocycles. The van der Waals surface area contributed by atoms with Crippen molar-refractivity contribution in [3.8, 4) is 0 Å². The van der Waals surface area contributed by atoms with Crippen LogP contribution in [-0.2, 0) is 0 Å². The molecule has 1 aromatic carbocycles. The topological polar surface area (TPSA) is 15.3 Å². The average Bonchev–Trinajstić information content (AvgIpc) is 2.43. The van der Waals surface area contributed by atoms with Crippen molar-refractivity contribution in [2.24, 2.45) is 5.92 Å². The van der Waals surface area contributed by atoms with Gasteiger partial charge in [-0.1, -0.05) is 34.5 Å². The quantitative estimate of drug-likeness (QED) is 0.793. The SMILES string of the molecule is CCCN1CCC(C(C)Nc2ccc(Br)cc2Cl)CC1. The number of nitrogens with zero attached hydrogens (tertiary/aromatic N) is 1. The maximum absolute atomic E-state index is 6.28. The molecule has 0 aliphatic carbocycles. The Labute approximate surface area is 136 Å². The van der Waals surface area contributed by atoms with Crippen molar-refractivity contribution < 1.29 is 0 Å². The molecule has 112 valence electrons. The van der Waals surface area contributed by atoms with Crippen LogP contribution in [-0.4, -0.2) is 30.6 Å². The molecular weight excluding hydrogens is 336 g/mol. The van der Waals surface area contributed by atoms with Crippen molar-refractivity contribution in [1.82, 2.24) is 4.90 Å². The van der Waals surface area contributed by atoms with E-state index in [4.69, 9.17) is 11.6 Å². The molecule has 0 bridgehead atoms. The second-order valence-electron chi connectivity index (χ2n) is 5.74. The van der Waals surface area contributed by atoms with E-state index < -0.39 is 0 Å². The second-order valence-corrected chi connectivity index (χ2v) is 7.06. The molecule has 1 fully saturated rings. The zero-order valence-electron chi connectivity index (χ0n) is 12.3. The number of nitrogens with one attached hydrogen (secondary N) is 1. The van der Waals surface area contributed by atoms with Crippen LogP contribution in [0.5, 0.6) is 0 Å². The van der Waals surface area contributed by atoms with Crippen molar-refractivity contribution in [2.45, 2.75) is 39.2 Å². The highest BCUT2D eigenvalue weighted by Crippen LogP contribution is 2.29. The molecule has 4 heteroatoms. The summed E-state index contributed by atoms with van der Waals surface area (Å²) in [6.45, 7) is 8.24. The maximum atomic E-state index is 6.28. The van der Waals surface area contributed by atoms with Gasteiger partial charge in [0.05, 0.1) is 10.7 Å². The standard InChI is InChI=1S/C16H24BrClN2/c1-3-8-20-9-6-13(7-10-20)12(2)19-16-5-4-14(17)11-15(16)18/h4-5,11-13,19H,3,6-10H2,1-2H3. The molecule has 2 rings (SSSR count). The number of rotatable bonds is 5. The first kappa shape index (κ1) is 16.1. The number of benzene rings is 1. The Kier molecular flexibility index (Phi) is 6.19. The number of likely N-dealkylation sites (tertiary alicyclic amines) is 1. The van der Waals surface area contributed by atoms with E-state index in [2.05, 4.69) is 46.1 Å². The smallest absolute Gasteiger partial charge is 0.0648 e. The van der Waals surface area contributed by atoms with E-state index in [0.717, 1.165) is 21.1 Å². The van der Waals surface area contributed by atoms with E-state index in [0.29, 0.717) is 6.04 Å². The molecule has 1 aliphatic heterocycles. The fraction of sp³-hybridized carbons (Fsp3) is 0.625. The lowest BCUT2D eigenvalue weighted by molar-refractivity contribution is 0.176. The first-order chi connectivity index (χ1) is 9.60. The Morgan fingerprint density at radius 3 is 2.70 bits per heavy atom. The summed E-state index contributed by atoms with van der Waals surface area (Å²) in [4.78, 5) is 2.58. The molecule has 1 unspecified atom stereocenters. The molecule has 0 aromatic heterocycles. The Morgan fingerprint density at radius 1 is 1.40 bits per heavy atom. The van der Waals surface area contributed by atoms with Gasteiger partial charge in [0.25, 0.3) is 0 Å². The third-order valence-corrected chi connectivity index (χ3v) is 5.00. The van der Waals surface area contributed by atoms with Crippen LogP contribution < -0.4 is 5.32 Å². The number of halogens is 2. The van der Waals surface area contributed by atoms with E-state index in [-0.39, 0.29) is 0 Å². The lowest BCUT2D eigenvalue weighted by Crippen LogP contribution is -2.39. The van der Waals surface area contributed by atoms with Gasteiger partial charge < -0.3 is 10.2 Å². The van der Waals surface area contributed by atoms with Gasteiger partial charge >= 0.3 is 0 Å².